The standard InChI is InChI=1S/C26H26INO11/c1-37-12-4-2-3-9-16(12)23(34)19-18(20(9)31)21(32)10-6-26(36,14(30)8-29)7-13(17(10)24(19)35)38-15-5-11(28)22(33)25(27)39-15/h2-4,11,13,15,22,25,29,32-33,35-36H,5-8,28H2,1H3/t11-,13-,15+,22-,25+,26-/m0/s1. The third-order valence-corrected chi connectivity index (χ3v) is 8.54. The van der Waals surface area contributed by atoms with Crippen molar-refractivity contribution in [3.8, 4) is 17.2 Å². The van der Waals surface area contributed by atoms with Crippen molar-refractivity contribution in [2.75, 3.05) is 13.7 Å². The Morgan fingerprint density at radius 2 is 1.87 bits per heavy atom. The van der Waals surface area contributed by atoms with Gasteiger partial charge in [0.1, 0.15) is 39.7 Å². The molecule has 0 spiro atoms. The van der Waals surface area contributed by atoms with Crippen molar-refractivity contribution < 1.29 is 54.1 Å². The predicted molar refractivity (Wildman–Crippen MR) is 140 cm³/mol. The fourth-order valence-electron chi connectivity index (χ4n) is 5.50. The number of aromatic hydroxyl groups is 2. The molecule has 0 saturated carbocycles. The Kier molecular flexibility index (Phi) is 7.20. The summed E-state index contributed by atoms with van der Waals surface area (Å²) in [4.78, 5) is 39.7. The predicted octanol–water partition coefficient (Wildman–Crippen LogP) is 0.374. The van der Waals surface area contributed by atoms with Crippen LogP contribution in [0, 0.1) is 0 Å². The lowest BCUT2D eigenvalue weighted by molar-refractivity contribution is -0.228. The Morgan fingerprint density at radius 3 is 2.51 bits per heavy atom. The van der Waals surface area contributed by atoms with Gasteiger partial charge in [-0.1, -0.05) is 12.1 Å². The minimum Gasteiger partial charge on any atom is -0.507 e. The Bertz CT molecular complexity index is 1380. The van der Waals surface area contributed by atoms with Gasteiger partial charge in [-0.15, -0.1) is 0 Å². The highest BCUT2D eigenvalue weighted by Gasteiger charge is 2.50. The van der Waals surface area contributed by atoms with Crippen LogP contribution >= 0.6 is 22.6 Å². The van der Waals surface area contributed by atoms with Crippen LogP contribution in [0.15, 0.2) is 18.2 Å². The van der Waals surface area contributed by atoms with Gasteiger partial charge in [-0.3, -0.25) is 14.4 Å². The molecule has 0 bridgehead atoms. The highest BCUT2D eigenvalue weighted by Crippen LogP contribution is 2.52. The molecule has 208 valence electrons. The number of fused-ring (bicyclic) bond motifs is 3. The quantitative estimate of drug-likeness (QED) is 0.125. The van der Waals surface area contributed by atoms with Crippen LogP contribution in [-0.2, 0) is 20.7 Å². The van der Waals surface area contributed by atoms with Crippen molar-refractivity contribution in [1.82, 2.24) is 0 Å². The van der Waals surface area contributed by atoms with E-state index in [0.717, 1.165) is 0 Å². The molecule has 13 heteroatoms. The maximum absolute atomic E-state index is 13.6. The summed E-state index contributed by atoms with van der Waals surface area (Å²) in [5.74, 6) is -3.78. The molecule has 1 heterocycles. The number of aliphatic hydroxyl groups is 3. The van der Waals surface area contributed by atoms with Crippen molar-refractivity contribution in [3.05, 3.63) is 51.6 Å². The van der Waals surface area contributed by atoms with E-state index in [9.17, 15) is 39.9 Å². The van der Waals surface area contributed by atoms with Gasteiger partial charge in [0.2, 0.25) is 5.78 Å². The van der Waals surface area contributed by atoms with Crippen molar-refractivity contribution in [2.24, 2.45) is 5.73 Å². The number of halogens is 1. The summed E-state index contributed by atoms with van der Waals surface area (Å²) in [5, 5.41) is 53.7. The zero-order valence-corrected chi connectivity index (χ0v) is 22.7. The molecule has 7 N–H and O–H groups in total. The van der Waals surface area contributed by atoms with Crippen molar-refractivity contribution in [1.29, 1.82) is 0 Å². The number of benzene rings is 2. The summed E-state index contributed by atoms with van der Waals surface area (Å²) in [5.41, 5.74) is 2.36. The highest BCUT2D eigenvalue weighted by molar-refractivity contribution is 14.1. The number of alkyl halides is 1. The minimum absolute atomic E-state index is 0.0125. The largest absolute Gasteiger partial charge is 0.507 e. The normalized spacial score (nSPS) is 29.8. The van der Waals surface area contributed by atoms with Gasteiger partial charge in [0, 0.05) is 42.0 Å². The first-order valence-corrected chi connectivity index (χ1v) is 13.3. The van der Waals surface area contributed by atoms with Crippen LogP contribution in [0.25, 0.3) is 0 Å². The van der Waals surface area contributed by atoms with Gasteiger partial charge in [-0.05, 0) is 28.7 Å². The lowest BCUT2D eigenvalue weighted by Gasteiger charge is -2.41. The third kappa shape index (κ3) is 4.32. The number of ketones is 3. The number of aliphatic hydroxyl groups excluding tert-OH is 2. The van der Waals surface area contributed by atoms with Gasteiger partial charge in [-0.2, -0.15) is 0 Å². The Hall–Kier alpha value is -2.66. The van der Waals surface area contributed by atoms with Gasteiger partial charge in [0.25, 0.3) is 0 Å². The number of carbonyl (C=O) groups excluding carboxylic acids is 3. The molecule has 1 saturated heterocycles. The zero-order valence-electron chi connectivity index (χ0n) is 20.6. The van der Waals surface area contributed by atoms with Crippen LogP contribution in [0.4, 0.5) is 0 Å². The van der Waals surface area contributed by atoms with Gasteiger partial charge in [-0.25, -0.2) is 0 Å². The highest BCUT2D eigenvalue weighted by atomic mass is 127. The SMILES string of the molecule is COc1cccc2c1C(=O)c1c(O)c3c(c(O)c1C2=O)C[C@@](O)(C(=O)CO)C[C@@H]3O[C@H]1C[C@H](N)[C@H](O)[C@H](I)O1. The maximum atomic E-state index is 13.6. The van der Waals surface area contributed by atoms with E-state index in [4.69, 9.17) is 19.9 Å². The Labute approximate surface area is 235 Å². The number of nitrogens with two attached hydrogens (primary N) is 1. The summed E-state index contributed by atoms with van der Waals surface area (Å²) in [6.07, 6.45) is -4.43. The fourth-order valence-corrected chi connectivity index (χ4v) is 6.36. The zero-order chi connectivity index (χ0) is 28.4. The molecule has 0 radical (unpaired) electrons. The second kappa shape index (κ2) is 10.1. The van der Waals surface area contributed by atoms with Gasteiger partial charge in [0.05, 0.1) is 29.9 Å². The van der Waals surface area contributed by atoms with Gasteiger partial charge < -0.3 is 45.5 Å². The fraction of sp³-hybridized carbons (Fsp3) is 0.423. The number of hydrogen-bond acceptors (Lipinski definition) is 12. The monoisotopic (exact) mass is 655 g/mol. The second-order valence-corrected chi connectivity index (χ2v) is 11.0. The first kappa shape index (κ1) is 27.9. The molecule has 12 nitrogen and oxygen atoms in total. The van der Waals surface area contributed by atoms with Crippen LogP contribution in [0.5, 0.6) is 17.2 Å². The molecule has 39 heavy (non-hydrogen) atoms. The van der Waals surface area contributed by atoms with Crippen LogP contribution < -0.4 is 10.5 Å². The molecule has 1 aliphatic heterocycles. The van der Waals surface area contributed by atoms with Crippen molar-refractivity contribution in [2.45, 2.75) is 53.5 Å². The van der Waals surface area contributed by atoms with Crippen molar-refractivity contribution >= 4 is 39.9 Å². The molecule has 2 aromatic rings. The number of rotatable bonds is 5. The van der Waals surface area contributed by atoms with E-state index in [1.165, 1.54) is 25.3 Å². The number of methoxy groups -OCH3 is 1. The number of hydrogen-bond donors (Lipinski definition) is 6. The van der Waals surface area contributed by atoms with Gasteiger partial charge >= 0.3 is 0 Å². The van der Waals surface area contributed by atoms with Crippen LogP contribution in [0.3, 0.4) is 0 Å². The number of ether oxygens (including phenoxy) is 3. The molecule has 3 aliphatic rings. The first-order valence-electron chi connectivity index (χ1n) is 12.1. The molecule has 0 amide bonds. The Balaban J connectivity index is 1.69. The molecule has 5 rings (SSSR count). The van der Waals surface area contributed by atoms with E-state index >= 15 is 0 Å². The molecule has 2 aromatic carbocycles. The Morgan fingerprint density at radius 1 is 1.18 bits per heavy atom. The van der Waals surface area contributed by atoms with E-state index in [1.807, 2.05) is 22.6 Å². The first-order chi connectivity index (χ1) is 18.4. The summed E-state index contributed by atoms with van der Waals surface area (Å²) in [6, 6.07) is 3.63. The van der Waals surface area contributed by atoms with E-state index < -0.39 is 93.7 Å². The van der Waals surface area contributed by atoms with E-state index in [-0.39, 0.29) is 34.4 Å². The van der Waals surface area contributed by atoms with Crippen LogP contribution in [0.2, 0.25) is 0 Å². The molecular formula is C26H26INO11. The summed E-state index contributed by atoms with van der Waals surface area (Å²) in [6.45, 7) is -1.02. The summed E-state index contributed by atoms with van der Waals surface area (Å²) in [7, 11) is 1.32. The number of phenols is 2. The number of Topliss-reactive ketones (excluding diaryl/α,β-unsaturated/α-hetero) is 1. The summed E-state index contributed by atoms with van der Waals surface area (Å²) < 4.78 is 16.2. The lowest BCUT2D eigenvalue weighted by atomic mass is 9.72. The lowest BCUT2D eigenvalue weighted by Crippen LogP contribution is -2.52. The molecule has 0 unspecified atom stereocenters. The third-order valence-electron chi connectivity index (χ3n) is 7.51. The number of phenolic OH excluding ortho intramolecular Hbond substituents is 2. The average molecular weight is 655 g/mol. The smallest absolute Gasteiger partial charge is 0.202 e. The summed E-state index contributed by atoms with van der Waals surface area (Å²) >= 11 is 1.83. The minimum atomic E-state index is -2.24. The average Bonchev–Trinajstić information content (AvgIpc) is 2.90. The van der Waals surface area contributed by atoms with E-state index in [0.29, 0.717) is 0 Å². The molecule has 0 aromatic heterocycles. The van der Waals surface area contributed by atoms with E-state index in [2.05, 4.69) is 0 Å². The van der Waals surface area contributed by atoms with Gasteiger partial charge in [0.15, 0.2) is 17.9 Å². The molecular weight excluding hydrogens is 629 g/mol. The van der Waals surface area contributed by atoms with E-state index in [1.54, 1.807) is 0 Å². The molecule has 2 aliphatic carbocycles. The number of carbonyl (C=O) groups is 3. The second-order valence-electron chi connectivity index (χ2n) is 9.81. The van der Waals surface area contributed by atoms with Crippen LogP contribution in [-0.4, -0.2) is 84.7 Å². The molecule has 6 atom stereocenters. The topological polar surface area (TPSA) is 206 Å². The van der Waals surface area contributed by atoms with Crippen molar-refractivity contribution in [3.63, 3.8) is 0 Å². The van der Waals surface area contributed by atoms with Crippen LogP contribution in [0.1, 0.15) is 61.9 Å². The molecule has 1 fully saturated rings. The maximum Gasteiger partial charge on any atom is 0.202 e.